The minimum Gasteiger partial charge on any atom is -0.475 e. The first-order valence-electron chi connectivity index (χ1n) is 10.1. The topological polar surface area (TPSA) is 86.6 Å². The first-order chi connectivity index (χ1) is 14.9. The first-order valence-corrected chi connectivity index (χ1v) is 11.6. The van der Waals surface area contributed by atoms with Crippen molar-refractivity contribution in [1.82, 2.24) is 19.1 Å². The third-order valence-electron chi connectivity index (χ3n) is 5.49. The van der Waals surface area contributed by atoms with Gasteiger partial charge in [0.05, 0.1) is 24.0 Å². The van der Waals surface area contributed by atoms with E-state index in [1.165, 1.54) is 4.31 Å². The van der Waals surface area contributed by atoms with Crippen LogP contribution in [0.15, 0.2) is 59.6 Å². The van der Waals surface area contributed by atoms with Crippen LogP contribution in [0.1, 0.15) is 23.0 Å². The van der Waals surface area contributed by atoms with Crippen LogP contribution in [-0.2, 0) is 21.8 Å². The van der Waals surface area contributed by atoms with Gasteiger partial charge in [0, 0.05) is 25.9 Å². The molecule has 31 heavy (non-hydrogen) atoms. The Labute approximate surface area is 182 Å². The Morgan fingerprint density at radius 2 is 1.87 bits per heavy atom. The molecule has 0 N–H and O–H groups in total. The van der Waals surface area contributed by atoms with Gasteiger partial charge in [-0.05, 0) is 25.5 Å². The smallest absolute Gasteiger partial charge is 0.247 e. The largest absolute Gasteiger partial charge is 0.475 e. The Bertz CT molecular complexity index is 1130. The van der Waals surface area contributed by atoms with Crippen LogP contribution < -0.4 is 4.74 Å². The number of benzene rings is 1. The predicted octanol–water partition coefficient (Wildman–Crippen LogP) is 2.64. The van der Waals surface area contributed by atoms with Gasteiger partial charge in [0.1, 0.15) is 17.6 Å². The maximum atomic E-state index is 13.8. The molecule has 0 amide bonds. The molecule has 1 aliphatic rings. The zero-order valence-corrected chi connectivity index (χ0v) is 18.6. The van der Waals surface area contributed by atoms with Crippen molar-refractivity contribution in [3.05, 3.63) is 71.7 Å². The minimum atomic E-state index is -3.82. The summed E-state index contributed by atoms with van der Waals surface area (Å²) >= 11 is 0. The monoisotopic (exact) mass is 442 g/mol. The standard InChI is InChI=1S/C22H26N4O4S/c1-16-22(17(2)25(3)24-16)31(27,28)26-13-14-29-19(15-30-20-11-7-8-12-23-20)21(26)18-9-5-4-6-10-18/h4-12,19,21H,13-15H2,1-3H3/t19-,21-/m0/s1. The van der Waals surface area contributed by atoms with Crippen LogP contribution in [-0.4, -0.2) is 53.3 Å². The predicted molar refractivity (Wildman–Crippen MR) is 115 cm³/mol. The van der Waals surface area contributed by atoms with Gasteiger partial charge in [0.15, 0.2) is 0 Å². The van der Waals surface area contributed by atoms with Crippen molar-refractivity contribution in [2.24, 2.45) is 7.05 Å². The third-order valence-corrected chi connectivity index (χ3v) is 7.62. The number of morpholine rings is 1. The fourth-order valence-electron chi connectivity index (χ4n) is 3.99. The molecule has 9 heteroatoms. The summed E-state index contributed by atoms with van der Waals surface area (Å²) in [4.78, 5) is 4.43. The van der Waals surface area contributed by atoms with E-state index in [4.69, 9.17) is 9.47 Å². The van der Waals surface area contributed by atoms with E-state index in [2.05, 4.69) is 10.1 Å². The number of nitrogens with zero attached hydrogens (tertiary/aromatic N) is 4. The molecule has 2 atom stereocenters. The van der Waals surface area contributed by atoms with Gasteiger partial charge in [0.25, 0.3) is 0 Å². The van der Waals surface area contributed by atoms with Crippen molar-refractivity contribution >= 4 is 10.0 Å². The van der Waals surface area contributed by atoms with Crippen LogP contribution in [0.5, 0.6) is 5.88 Å². The minimum absolute atomic E-state index is 0.174. The number of hydrogen-bond acceptors (Lipinski definition) is 6. The van der Waals surface area contributed by atoms with Gasteiger partial charge in [0.2, 0.25) is 15.9 Å². The molecule has 0 bridgehead atoms. The van der Waals surface area contributed by atoms with Crippen LogP contribution in [0.4, 0.5) is 0 Å². The van der Waals surface area contributed by atoms with Crippen molar-refractivity contribution in [2.75, 3.05) is 19.8 Å². The summed E-state index contributed by atoms with van der Waals surface area (Å²) in [5.74, 6) is 0.469. The molecule has 0 unspecified atom stereocenters. The number of ether oxygens (including phenoxy) is 2. The number of aryl methyl sites for hydroxylation is 2. The molecule has 0 radical (unpaired) electrons. The van der Waals surface area contributed by atoms with Gasteiger partial charge in [-0.25, -0.2) is 13.4 Å². The highest BCUT2D eigenvalue weighted by atomic mass is 32.2. The van der Waals surface area contributed by atoms with E-state index in [-0.39, 0.29) is 24.7 Å². The van der Waals surface area contributed by atoms with Gasteiger partial charge < -0.3 is 9.47 Å². The van der Waals surface area contributed by atoms with Gasteiger partial charge in [-0.3, -0.25) is 4.68 Å². The maximum absolute atomic E-state index is 13.8. The van der Waals surface area contributed by atoms with E-state index in [1.807, 2.05) is 42.5 Å². The molecule has 164 valence electrons. The third kappa shape index (κ3) is 4.21. The van der Waals surface area contributed by atoms with Crippen LogP contribution in [0.2, 0.25) is 0 Å². The van der Waals surface area contributed by atoms with Crippen LogP contribution >= 0.6 is 0 Å². The number of aromatic nitrogens is 3. The lowest BCUT2D eigenvalue weighted by Crippen LogP contribution is -2.50. The molecule has 0 saturated carbocycles. The Balaban J connectivity index is 1.72. The summed E-state index contributed by atoms with van der Waals surface area (Å²) < 4.78 is 42.6. The van der Waals surface area contributed by atoms with Crippen molar-refractivity contribution in [3.8, 4) is 5.88 Å². The van der Waals surface area contributed by atoms with Crippen molar-refractivity contribution in [3.63, 3.8) is 0 Å². The highest BCUT2D eigenvalue weighted by Crippen LogP contribution is 2.36. The Hall–Kier alpha value is -2.75. The SMILES string of the molecule is Cc1nn(C)c(C)c1S(=O)(=O)N1CCO[C@@H](COc2ccccn2)[C@@H]1c1ccccc1. The number of hydrogen-bond donors (Lipinski definition) is 0. The molecule has 0 spiro atoms. The molecule has 1 saturated heterocycles. The second-order valence-corrected chi connectivity index (χ2v) is 9.31. The Kier molecular flexibility index (Phi) is 6.08. The summed E-state index contributed by atoms with van der Waals surface area (Å²) in [6.07, 6.45) is 1.15. The molecule has 4 rings (SSSR count). The molecule has 1 fully saturated rings. The Morgan fingerprint density at radius 1 is 1.13 bits per heavy atom. The van der Waals surface area contributed by atoms with E-state index in [0.29, 0.717) is 17.3 Å². The average molecular weight is 443 g/mol. The van der Waals surface area contributed by atoms with Crippen molar-refractivity contribution in [2.45, 2.75) is 30.9 Å². The molecule has 3 heterocycles. The van der Waals surface area contributed by atoms with Gasteiger partial charge in [-0.1, -0.05) is 36.4 Å². The zero-order chi connectivity index (χ0) is 22.0. The van der Waals surface area contributed by atoms with Gasteiger partial charge >= 0.3 is 0 Å². The van der Waals surface area contributed by atoms with E-state index >= 15 is 0 Å². The molecule has 1 aliphatic heterocycles. The lowest BCUT2D eigenvalue weighted by molar-refractivity contribution is -0.0622. The lowest BCUT2D eigenvalue weighted by Gasteiger charge is -2.40. The van der Waals surface area contributed by atoms with Gasteiger partial charge in [-0.15, -0.1) is 0 Å². The number of pyridine rings is 1. The molecule has 3 aromatic rings. The molecule has 2 aromatic heterocycles. The molecular weight excluding hydrogens is 416 g/mol. The van der Waals surface area contributed by atoms with E-state index in [0.717, 1.165) is 5.56 Å². The van der Waals surface area contributed by atoms with Crippen LogP contribution in [0, 0.1) is 13.8 Å². The van der Waals surface area contributed by atoms with E-state index < -0.39 is 22.2 Å². The summed E-state index contributed by atoms with van der Waals surface area (Å²) in [6, 6.07) is 14.4. The lowest BCUT2D eigenvalue weighted by atomic mass is 10.0. The molecule has 8 nitrogen and oxygen atoms in total. The molecular formula is C22H26N4O4S. The summed E-state index contributed by atoms with van der Waals surface area (Å²) in [5, 5.41) is 4.31. The number of sulfonamides is 1. The summed E-state index contributed by atoms with van der Waals surface area (Å²) in [6.45, 7) is 4.19. The zero-order valence-electron chi connectivity index (χ0n) is 17.8. The summed E-state index contributed by atoms with van der Waals surface area (Å²) in [7, 11) is -2.07. The van der Waals surface area contributed by atoms with Crippen molar-refractivity contribution < 1.29 is 17.9 Å². The average Bonchev–Trinajstić information content (AvgIpc) is 3.05. The highest BCUT2D eigenvalue weighted by Gasteiger charge is 2.43. The Morgan fingerprint density at radius 3 is 2.52 bits per heavy atom. The van der Waals surface area contributed by atoms with E-state index in [1.54, 1.807) is 37.8 Å². The van der Waals surface area contributed by atoms with Crippen LogP contribution in [0.3, 0.4) is 0 Å². The van der Waals surface area contributed by atoms with E-state index in [9.17, 15) is 8.42 Å². The molecule has 1 aromatic carbocycles. The first kappa shape index (κ1) is 21.5. The second kappa shape index (κ2) is 8.78. The maximum Gasteiger partial charge on any atom is 0.247 e. The summed E-state index contributed by atoms with van der Waals surface area (Å²) in [5.41, 5.74) is 1.94. The van der Waals surface area contributed by atoms with Crippen molar-refractivity contribution in [1.29, 1.82) is 0 Å². The second-order valence-electron chi connectivity index (χ2n) is 7.48. The van der Waals surface area contributed by atoms with Gasteiger partial charge in [-0.2, -0.15) is 9.40 Å². The van der Waals surface area contributed by atoms with Crippen LogP contribution in [0.25, 0.3) is 0 Å². The fraction of sp³-hybridized carbons (Fsp3) is 0.364. The number of rotatable bonds is 6. The molecule has 0 aliphatic carbocycles. The normalized spacial score (nSPS) is 20.0. The highest BCUT2D eigenvalue weighted by molar-refractivity contribution is 7.89. The fourth-order valence-corrected chi connectivity index (χ4v) is 6.02. The quantitative estimate of drug-likeness (QED) is 0.583.